The molecule has 88 valence electrons. The van der Waals surface area contributed by atoms with Gasteiger partial charge in [-0.2, -0.15) is 0 Å². The van der Waals surface area contributed by atoms with Crippen molar-refractivity contribution in [3.63, 3.8) is 0 Å². The largest absolute Gasteiger partial charge is 0.260 e. The van der Waals surface area contributed by atoms with Gasteiger partial charge in [-0.25, -0.2) is 0 Å². The lowest BCUT2D eigenvalue weighted by atomic mass is 9.91. The Hall–Kier alpha value is -1.34. The van der Waals surface area contributed by atoms with Gasteiger partial charge in [0.2, 0.25) is 0 Å². The minimum Gasteiger partial charge on any atom is -0.260 e. The molecular weight excluding hydrogens is 230 g/mol. The highest BCUT2D eigenvalue weighted by Gasteiger charge is 2.15. The van der Waals surface area contributed by atoms with E-state index < -0.39 is 0 Å². The molecule has 2 aromatic rings. The average molecular weight is 246 g/mol. The highest BCUT2D eigenvalue weighted by Crippen LogP contribution is 2.28. The lowest BCUT2D eigenvalue weighted by Crippen LogP contribution is -2.12. The van der Waals surface area contributed by atoms with E-state index >= 15 is 0 Å². The maximum absolute atomic E-state index is 6.16. The normalized spacial score (nSPS) is 11.5. The third-order valence-electron chi connectivity index (χ3n) is 2.72. The first-order valence-corrected chi connectivity index (χ1v) is 6.08. The van der Waals surface area contributed by atoms with Crippen molar-refractivity contribution < 1.29 is 0 Å². The Kier molecular flexibility index (Phi) is 3.21. The van der Waals surface area contributed by atoms with Gasteiger partial charge >= 0.3 is 0 Å². The molecule has 1 nitrogen and oxygen atoms in total. The summed E-state index contributed by atoms with van der Waals surface area (Å²) in [6, 6.07) is 12.0. The van der Waals surface area contributed by atoms with Crippen LogP contribution in [0.1, 0.15) is 26.5 Å². The molecule has 0 aliphatic carbocycles. The van der Waals surface area contributed by atoms with Gasteiger partial charge < -0.3 is 0 Å². The molecular formula is C15H16ClN. The van der Waals surface area contributed by atoms with Crippen LogP contribution < -0.4 is 0 Å². The van der Waals surface area contributed by atoms with Crippen LogP contribution in [0.3, 0.4) is 0 Å². The predicted molar refractivity (Wildman–Crippen MR) is 73.4 cm³/mol. The third kappa shape index (κ3) is 2.67. The van der Waals surface area contributed by atoms with Crippen molar-refractivity contribution in [3.05, 3.63) is 53.3 Å². The Balaban J connectivity index is 2.40. The number of rotatable bonds is 1. The van der Waals surface area contributed by atoms with Crippen LogP contribution >= 0.6 is 11.6 Å². The Morgan fingerprint density at radius 3 is 2.24 bits per heavy atom. The second-order valence-electron chi connectivity index (χ2n) is 5.16. The van der Waals surface area contributed by atoms with E-state index in [-0.39, 0.29) is 5.41 Å². The number of benzene rings is 1. The molecule has 0 spiro atoms. The molecule has 0 unspecified atom stereocenters. The zero-order valence-corrected chi connectivity index (χ0v) is 11.1. The summed E-state index contributed by atoms with van der Waals surface area (Å²) in [6.45, 7) is 6.47. The minimum atomic E-state index is 0.0824. The molecule has 1 heterocycles. The number of hydrogen-bond donors (Lipinski definition) is 0. The van der Waals surface area contributed by atoms with Crippen molar-refractivity contribution in [3.8, 4) is 11.1 Å². The molecule has 0 N–H and O–H groups in total. The predicted octanol–water partition coefficient (Wildman–Crippen LogP) is 4.70. The van der Waals surface area contributed by atoms with Gasteiger partial charge in [0, 0.05) is 33.5 Å². The average Bonchev–Trinajstić information content (AvgIpc) is 2.29. The topological polar surface area (TPSA) is 12.9 Å². The highest BCUT2D eigenvalue weighted by molar-refractivity contribution is 6.33. The van der Waals surface area contributed by atoms with Crippen molar-refractivity contribution >= 4 is 11.6 Å². The maximum atomic E-state index is 6.16. The van der Waals surface area contributed by atoms with Gasteiger partial charge in [0.1, 0.15) is 0 Å². The summed E-state index contributed by atoms with van der Waals surface area (Å²) in [6.07, 6.45) is 1.89. The lowest BCUT2D eigenvalue weighted by Gasteiger charge is -2.17. The first-order valence-electron chi connectivity index (χ1n) is 5.70. The van der Waals surface area contributed by atoms with Gasteiger partial charge in [0.05, 0.1) is 0 Å². The molecule has 0 aliphatic rings. The second kappa shape index (κ2) is 4.50. The van der Waals surface area contributed by atoms with Crippen LogP contribution in [-0.4, -0.2) is 4.98 Å². The molecule has 1 aromatic heterocycles. The van der Waals surface area contributed by atoms with Gasteiger partial charge in [-0.1, -0.05) is 56.6 Å². The highest BCUT2D eigenvalue weighted by atomic mass is 35.5. The second-order valence-corrected chi connectivity index (χ2v) is 5.57. The molecule has 0 aliphatic heterocycles. The smallest absolute Gasteiger partial charge is 0.0484 e. The Bertz CT molecular complexity index is 509. The van der Waals surface area contributed by atoms with Crippen molar-refractivity contribution in [2.45, 2.75) is 26.2 Å². The molecule has 2 rings (SSSR count). The van der Waals surface area contributed by atoms with E-state index in [2.05, 4.69) is 37.9 Å². The van der Waals surface area contributed by atoms with Gasteiger partial charge in [-0.05, 0) is 12.1 Å². The molecule has 0 radical (unpaired) electrons. The van der Waals surface area contributed by atoms with Gasteiger partial charge in [-0.15, -0.1) is 0 Å². The molecule has 0 amide bonds. The number of halogens is 1. The standard InChI is InChI=1S/C15H16ClN/c1-15(2,3)14-9-8-11(10-17-14)12-6-4-5-7-13(12)16/h4-10H,1-3H3. The summed E-state index contributed by atoms with van der Waals surface area (Å²) < 4.78 is 0. The van der Waals surface area contributed by atoms with Crippen LogP contribution in [0.5, 0.6) is 0 Å². The van der Waals surface area contributed by atoms with Gasteiger partial charge in [0.25, 0.3) is 0 Å². The lowest BCUT2D eigenvalue weighted by molar-refractivity contribution is 0.569. The van der Waals surface area contributed by atoms with Crippen LogP contribution in [0.2, 0.25) is 5.02 Å². The number of aromatic nitrogens is 1. The summed E-state index contributed by atoms with van der Waals surface area (Å²) in [5.74, 6) is 0. The van der Waals surface area contributed by atoms with Crippen LogP contribution in [-0.2, 0) is 5.41 Å². The molecule has 0 saturated heterocycles. The quantitative estimate of drug-likeness (QED) is 0.710. The summed E-state index contributed by atoms with van der Waals surface area (Å²) in [5, 5.41) is 0.762. The van der Waals surface area contributed by atoms with Crippen molar-refractivity contribution in [1.29, 1.82) is 0 Å². The SMILES string of the molecule is CC(C)(C)c1ccc(-c2ccccc2Cl)cn1. The molecule has 0 bridgehead atoms. The zero-order valence-electron chi connectivity index (χ0n) is 10.4. The zero-order chi connectivity index (χ0) is 12.5. The summed E-state index contributed by atoms with van der Waals surface area (Å²) in [7, 11) is 0. The fourth-order valence-corrected chi connectivity index (χ4v) is 1.94. The Labute approximate surface area is 107 Å². The number of pyridine rings is 1. The fourth-order valence-electron chi connectivity index (χ4n) is 1.69. The Morgan fingerprint density at radius 1 is 1.00 bits per heavy atom. The first-order chi connectivity index (χ1) is 7.98. The molecule has 2 heteroatoms. The third-order valence-corrected chi connectivity index (χ3v) is 3.05. The van der Waals surface area contributed by atoms with E-state index in [0.717, 1.165) is 21.8 Å². The molecule has 17 heavy (non-hydrogen) atoms. The van der Waals surface area contributed by atoms with E-state index in [4.69, 9.17) is 11.6 Å². The van der Waals surface area contributed by atoms with E-state index in [9.17, 15) is 0 Å². The molecule has 0 saturated carbocycles. The Morgan fingerprint density at radius 2 is 1.71 bits per heavy atom. The van der Waals surface area contributed by atoms with E-state index in [0.29, 0.717) is 0 Å². The summed E-state index contributed by atoms with van der Waals surface area (Å²) >= 11 is 6.16. The summed E-state index contributed by atoms with van der Waals surface area (Å²) in [5.41, 5.74) is 3.26. The maximum Gasteiger partial charge on any atom is 0.0484 e. The van der Waals surface area contributed by atoms with Gasteiger partial charge in [0.15, 0.2) is 0 Å². The number of nitrogens with zero attached hydrogens (tertiary/aromatic N) is 1. The van der Waals surface area contributed by atoms with E-state index in [1.165, 1.54) is 0 Å². The first kappa shape index (κ1) is 12.1. The van der Waals surface area contributed by atoms with Crippen LogP contribution in [0.4, 0.5) is 0 Å². The molecule has 0 atom stereocenters. The fraction of sp³-hybridized carbons (Fsp3) is 0.267. The minimum absolute atomic E-state index is 0.0824. The summed E-state index contributed by atoms with van der Waals surface area (Å²) in [4.78, 5) is 4.51. The van der Waals surface area contributed by atoms with Crippen LogP contribution in [0.25, 0.3) is 11.1 Å². The van der Waals surface area contributed by atoms with Crippen molar-refractivity contribution in [2.24, 2.45) is 0 Å². The molecule has 1 aromatic carbocycles. The molecule has 0 fully saturated rings. The van der Waals surface area contributed by atoms with Gasteiger partial charge in [-0.3, -0.25) is 4.98 Å². The van der Waals surface area contributed by atoms with Crippen molar-refractivity contribution in [1.82, 2.24) is 4.98 Å². The van der Waals surface area contributed by atoms with Crippen LogP contribution in [0.15, 0.2) is 42.6 Å². The monoisotopic (exact) mass is 245 g/mol. The van der Waals surface area contributed by atoms with Crippen molar-refractivity contribution in [2.75, 3.05) is 0 Å². The van der Waals surface area contributed by atoms with Crippen LogP contribution in [0, 0.1) is 0 Å². The number of hydrogen-bond acceptors (Lipinski definition) is 1. The van der Waals surface area contributed by atoms with E-state index in [1.807, 2.05) is 30.5 Å². The van der Waals surface area contributed by atoms with E-state index in [1.54, 1.807) is 0 Å².